The third-order valence-corrected chi connectivity index (χ3v) is 8.22. The molecule has 4 aliphatic carbocycles. The highest BCUT2D eigenvalue weighted by Gasteiger charge is 2.38. The second-order valence-corrected chi connectivity index (χ2v) is 10.3. The highest BCUT2D eigenvalue weighted by Crippen LogP contribution is 2.35. The van der Waals surface area contributed by atoms with Gasteiger partial charge < -0.3 is 23.7 Å². The van der Waals surface area contributed by atoms with Gasteiger partial charge in [0.15, 0.2) is 0 Å². The average Bonchev–Trinajstić information content (AvgIpc) is 2.82. The van der Waals surface area contributed by atoms with Gasteiger partial charge in [-0.25, -0.2) is 0 Å². The van der Waals surface area contributed by atoms with E-state index in [-0.39, 0.29) is 48.8 Å². The van der Waals surface area contributed by atoms with E-state index in [4.69, 9.17) is 23.7 Å². The summed E-state index contributed by atoms with van der Waals surface area (Å²) in [6.07, 6.45) is 20.7. The molecule has 8 atom stereocenters. The molecule has 0 aromatic carbocycles. The molecule has 0 aromatic rings. The number of rotatable bonds is 8. The van der Waals surface area contributed by atoms with Crippen molar-refractivity contribution in [3.63, 3.8) is 0 Å². The van der Waals surface area contributed by atoms with Gasteiger partial charge in [0.25, 0.3) is 0 Å². The fourth-order valence-corrected chi connectivity index (χ4v) is 6.40. The summed E-state index contributed by atoms with van der Waals surface area (Å²) in [5, 5.41) is 0. The van der Waals surface area contributed by atoms with Crippen LogP contribution in [0.5, 0.6) is 0 Å². The first kappa shape index (κ1) is 23.9. The number of hydrogen-bond donors (Lipinski definition) is 0. The largest absolute Gasteiger partial charge is 0.379 e. The molecule has 4 saturated carbocycles. The molecular weight excluding hydrogens is 392 g/mol. The van der Waals surface area contributed by atoms with E-state index < -0.39 is 0 Å². The van der Waals surface area contributed by atoms with Crippen LogP contribution in [0.1, 0.15) is 103 Å². The fourth-order valence-electron chi connectivity index (χ4n) is 6.40. The Morgan fingerprint density at radius 1 is 0.323 bits per heavy atom. The summed E-state index contributed by atoms with van der Waals surface area (Å²) in [4.78, 5) is 0. The van der Waals surface area contributed by atoms with Crippen molar-refractivity contribution in [3.8, 4) is 0 Å². The van der Waals surface area contributed by atoms with E-state index >= 15 is 0 Å². The zero-order valence-corrected chi connectivity index (χ0v) is 20.0. The fraction of sp³-hybridized carbons (Fsp3) is 1.00. The number of hydrogen-bond acceptors (Lipinski definition) is 5. The van der Waals surface area contributed by atoms with Gasteiger partial charge in [-0.3, -0.25) is 0 Å². The molecule has 31 heavy (non-hydrogen) atoms. The van der Waals surface area contributed by atoms with Crippen LogP contribution < -0.4 is 0 Å². The van der Waals surface area contributed by atoms with E-state index in [0.717, 1.165) is 51.4 Å². The quantitative estimate of drug-likeness (QED) is 0.495. The first-order valence-corrected chi connectivity index (χ1v) is 13.3. The molecule has 8 unspecified atom stereocenters. The van der Waals surface area contributed by atoms with Gasteiger partial charge in [0.2, 0.25) is 0 Å². The van der Waals surface area contributed by atoms with Crippen molar-refractivity contribution < 1.29 is 23.7 Å². The van der Waals surface area contributed by atoms with Crippen LogP contribution in [0.25, 0.3) is 0 Å². The molecule has 4 rings (SSSR count). The molecule has 0 amide bonds. The van der Waals surface area contributed by atoms with E-state index in [1.807, 2.05) is 14.2 Å². The average molecular weight is 439 g/mol. The smallest absolute Gasteiger partial charge is 0.0841 e. The molecule has 5 nitrogen and oxygen atoms in total. The van der Waals surface area contributed by atoms with Gasteiger partial charge in [0.1, 0.15) is 0 Å². The number of ether oxygens (including phenoxy) is 5. The van der Waals surface area contributed by atoms with E-state index in [0.29, 0.717) is 0 Å². The van der Waals surface area contributed by atoms with Crippen molar-refractivity contribution in [1.29, 1.82) is 0 Å². The van der Waals surface area contributed by atoms with Gasteiger partial charge in [-0.15, -0.1) is 0 Å². The first-order chi connectivity index (χ1) is 15.3. The maximum absolute atomic E-state index is 6.85. The van der Waals surface area contributed by atoms with Crippen LogP contribution in [0.15, 0.2) is 0 Å². The second kappa shape index (κ2) is 12.3. The molecule has 0 aromatic heterocycles. The predicted molar refractivity (Wildman–Crippen MR) is 121 cm³/mol. The van der Waals surface area contributed by atoms with Crippen LogP contribution >= 0.6 is 0 Å². The van der Waals surface area contributed by atoms with Crippen LogP contribution in [-0.4, -0.2) is 63.1 Å². The Morgan fingerprint density at radius 3 is 0.742 bits per heavy atom. The molecule has 180 valence electrons. The molecule has 0 aliphatic heterocycles. The third kappa shape index (κ3) is 6.44. The van der Waals surface area contributed by atoms with Gasteiger partial charge in [0.05, 0.1) is 48.8 Å². The topological polar surface area (TPSA) is 46.2 Å². The van der Waals surface area contributed by atoms with Gasteiger partial charge in [-0.2, -0.15) is 0 Å². The third-order valence-electron chi connectivity index (χ3n) is 8.22. The lowest BCUT2D eigenvalue weighted by atomic mass is 9.89. The van der Waals surface area contributed by atoms with Crippen molar-refractivity contribution in [3.05, 3.63) is 0 Å². The van der Waals surface area contributed by atoms with E-state index in [9.17, 15) is 0 Å². The zero-order valence-electron chi connectivity index (χ0n) is 20.0. The Kier molecular flexibility index (Phi) is 9.51. The Morgan fingerprint density at radius 2 is 0.516 bits per heavy atom. The zero-order chi connectivity index (χ0) is 21.5. The van der Waals surface area contributed by atoms with Crippen molar-refractivity contribution in [2.75, 3.05) is 14.2 Å². The van der Waals surface area contributed by atoms with E-state index in [1.54, 1.807) is 0 Å². The highest BCUT2D eigenvalue weighted by atomic mass is 16.6. The van der Waals surface area contributed by atoms with Crippen molar-refractivity contribution in [2.45, 2.75) is 152 Å². The minimum atomic E-state index is 0.201. The van der Waals surface area contributed by atoms with E-state index in [1.165, 1.54) is 51.4 Å². The molecule has 0 heterocycles. The van der Waals surface area contributed by atoms with Gasteiger partial charge in [0, 0.05) is 14.2 Å². The second-order valence-electron chi connectivity index (χ2n) is 10.3. The maximum atomic E-state index is 6.85. The Hall–Kier alpha value is -0.200. The highest BCUT2D eigenvalue weighted by molar-refractivity contribution is 4.87. The minimum absolute atomic E-state index is 0.201. The molecule has 0 N–H and O–H groups in total. The SMILES string of the molecule is COC1CCCCC1OC1CCCCC1OC1CCCCC1OC1CCCCC1OC. The van der Waals surface area contributed by atoms with Crippen LogP contribution in [0, 0.1) is 0 Å². The summed E-state index contributed by atoms with van der Waals surface area (Å²) in [5.41, 5.74) is 0. The monoisotopic (exact) mass is 438 g/mol. The molecule has 5 heteroatoms. The lowest BCUT2D eigenvalue weighted by molar-refractivity contribution is -0.206. The van der Waals surface area contributed by atoms with Crippen molar-refractivity contribution >= 4 is 0 Å². The standard InChI is InChI=1S/C26H46O5/c1-27-19-11-3-5-13-21(19)29-23-15-7-9-17-25(23)31-26-18-10-8-16-24(26)30-22-14-6-4-12-20(22)28-2/h19-26H,3-18H2,1-2H3. The van der Waals surface area contributed by atoms with E-state index in [2.05, 4.69) is 0 Å². The molecule has 0 radical (unpaired) electrons. The lowest BCUT2D eigenvalue weighted by Crippen LogP contribution is -2.48. The van der Waals surface area contributed by atoms with Gasteiger partial charge in [-0.1, -0.05) is 51.4 Å². The van der Waals surface area contributed by atoms with Crippen LogP contribution in [0.2, 0.25) is 0 Å². The lowest BCUT2D eigenvalue weighted by Gasteiger charge is -2.42. The Bertz CT molecular complexity index is 470. The normalized spacial score (nSPS) is 42.4. The summed E-state index contributed by atoms with van der Waals surface area (Å²) in [5.74, 6) is 0. The molecule has 0 saturated heterocycles. The van der Waals surface area contributed by atoms with Gasteiger partial charge in [-0.05, 0) is 51.4 Å². The Balaban J connectivity index is 1.36. The maximum Gasteiger partial charge on any atom is 0.0841 e. The Labute approximate surface area is 189 Å². The summed E-state index contributed by atoms with van der Waals surface area (Å²) in [6.45, 7) is 0. The summed E-state index contributed by atoms with van der Waals surface area (Å²) in [6, 6.07) is 0. The van der Waals surface area contributed by atoms with Gasteiger partial charge >= 0.3 is 0 Å². The first-order valence-electron chi connectivity index (χ1n) is 13.3. The molecule has 4 aliphatic rings. The van der Waals surface area contributed by atoms with Crippen LogP contribution in [0.4, 0.5) is 0 Å². The summed E-state index contributed by atoms with van der Waals surface area (Å²) in [7, 11) is 3.67. The number of methoxy groups -OCH3 is 2. The molecular formula is C26H46O5. The molecule has 0 spiro atoms. The van der Waals surface area contributed by atoms with Crippen molar-refractivity contribution in [2.24, 2.45) is 0 Å². The summed E-state index contributed by atoms with van der Waals surface area (Å²) < 4.78 is 31.8. The predicted octanol–water partition coefficient (Wildman–Crippen LogP) is 5.57. The minimum Gasteiger partial charge on any atom is -0.379 e. The van der Waals surface area contributed by atoms with Crippen molar-refractivity contribution in [1.82, 2.24) is 0 Å². The van der Waals surface area contributed by atoms with Crippen LogP contribution in [-0.2, 0) is 23.7 Å². The van der Waals surface area contributed by atoms with Crippen LogP contribution in [0.3, 0.4) is 0 Å². The molecule has 0 bridgehead atoms. The molecule has 4 fully saturated rings. The summed E-state index contributed by atoms with van der Waals surface area (Å²) >= 11 is 0.